The second-order valence-corrected chi connectivity index (χ2v) is 37.1. The van der Waals surface area contributed by atoms with Crippen LogP contribution in [0.3, 0.4) is 0 Å². The zero-order valence-electron chi connectivity index (χ0n) is 1.97. The fourth-order valence-corrected chi connectivity index (χ4v) is 0. The molecule has 0 unspecified atom stereocenters. The van der Waals surface area contributed by atoms with Crippen LogP contribution in [0.2, 0.25) is 0 Å². The number of hydrogen-bond donors (Lipinski definition) is 0. The summed E-state index contributed by atoms with van der Waals surface area (Å²) < 4.78 is -0.875. The van der Waals surface area contributed by atoms with E-state index in [2.05, 4.69) is 54.9 Å². The van der Waals surface area contributed by atoms with Gasteiger partial charge in [0.1, 0.15) is 0 Å². The SMILES string of the molecule is [Se]=[Co](=[Se])(=[Se])=[Se]. The Morgan fingerprint density at radius 1 is 0.800 bits per heavy atom. The fraction of sp³-hybridized carbons (Fsp3) is 0. The molecule has 5 heavy (non-hydrogen) atoms. The van der Waals surface area contributed by atoms with Crippen LogP contribution in [0.15, 0.2) is 0 Å². The van der Waals surface area contributed by atoms with Crippen LogP contribution < -0.4 is 0 Å². The van der Waals surface area contributed by atoms with Crippen molar-refractivity contribution in [1.29, 1.82) is 0 Å². The normalized spacial score (nSPS) is 11.2. The summed E-state index contributed by atoms with van der Waals surface area (Å²) in [6, 6.07) is 0. The zero-order valence-corrected chi connectivity index (χ0v) is 9.86. The third-order valence-corrected chi connectivity index (χ3v) is 0. The van der Waals surface area contributed by atoms with Crippen molar-refractivity contribution >= 4 is 54.9 Å². The van der Waals surface area contributed by atoms with Gasteiger partial charge in [0.15, 0.2) is 0 Å². The van der Waals surface area contributed by atoms with Crippen LogP contribution >= 0.6 is 0 Å². The van der Waals surface area contributed by atoms with Gasteiger partial charge in [-0.2, -0.15) is 0 Å². The summed E-state index contributed by atoms with van der Waals surface area (Å²) in [6.45, 7) is 0. The molecular formula is CoSe4. The molecule has 0 spiro atoms. The first-order valence-electron chi connectivity index (χ1n) is 0.544. The summed E-state index contributed by atoms with van der Waals surface area (Å²) in [4.78, 5) is 0. The van der Waals surface area contributed by atoms with E-state index in [1.807, 2.05) is 0 Å². The minimum absolute atomic E-state index is 0.875. The van der Waals surface area contributed by atoms with Gasteiger partial charge in [0.05, 0.1) is 0 Å². The van der Waals surface area contributed by atoms with E-state index in [-0.39, 0.29) is 0 Å². The maximum absolute atomic E-state index is 2.92. The predicted octanol–water partition coefficient (Wildman–Crippen LogP) is -1.53. The molecule has 0 bridgehead atoms. The Morgan fingerprint density at radius 3 is 0.800 bits per heavy atom. The molecular weight excluding hydrogens is 375 g/mol. The van der Waals surface area contributed by atoms with E-state index in [0.29, 0.717) is 0 Å². The molecule has 0 saturated carbocycles. The van der Waals surface area contributed by atoms with Gasteiger partial charge in [0.2, 0.25) is 0 Å². The first kappa shape index (κ1) is 7.58. The van der Waals surface area contributed by atoms with E-state index in [0.717, 1.165) is 0 Å². The van der Waals surface area contributed by atoms with Crippen LogP contribution in [-0.4, -0.2) is 54.9 Å². The molecule has 0 aromatic heterocycles. The molecule has 0 heterocycles. The van der Waals surface area contributed by atoms with E-state index in [4.69, 9.17) is 0 Å². The fourth-order valence-electron chi connectivity index (χ4n) is 0. The maximum atomic E-state index is 2.92. The number of hydrogen-bond acceptors (Lipinski definition) is 0. The average molecular weight is 375 g/mol. The summed E-state index contributed by atoms with van der Waals surface area (Å²) in [5.41, 5.74) is 0. The summed E-state index contributed by atoms with van der Waals surface area (Å²) in [5, 5.41) is 0. The Hall–Kier alpha value is 2.58. The summed E-state index contributed by atoms with van der Waals surface area (Å²) in [7, 11) is 0. The van der Waals surface area contributed by atoms with Crippen LogP contribution in [0, 0.1) is 0 Å². The van der Waals surface area contributed by atoms with Crippen LogP contribution in [0.1, 0.15) is 0 Å². The van der Waals surface area contributed by atoms with Crippen molar-refractivity contribution < 1.29 is 3.26 Å². The molecule has 0 aliphatic carbocycles. The average Bonchev–Trinajstić information content (AvgIpc) is 0.722. The van der Waals surface area contributed by atoms with Crippen molar-refractivity contribution in [3.8, 4) is 0 Å². The molecule has 0 nitrogen and oxygen atoms in total. The van der Waals surface area contributed by atoms with Crippen LogP contribution in [-0.2, 0) is 3.26 Å². The molecule has 5 heteroatoms. The molecule has 0 rings (SSSR count). The van der Waals surface area contributed by atoms with Crippen molar-refractivity contribution in [1.82, 2.24) is 0 Å². The predicted molar refractivity (Wildman–Crippen MR) is 23.0 cm³/mol. The van der Waals surface area contributed by atoms with Gasteiger partial charge in [-0.3, -0.25) is 0 Å². The van der Waals surface area contributed by atoms with E-state index < -0.39 is 3.26 Å². The molecule has 33 valence electrons. The van der Waals surface area contributed by atoms with E-state index in [1.165, 1.54) is 0 Å². The van der Waals surface area contributed by atoms with Gasteiger partial charge in [0.25, 0.3) is 0 Å². The van der Waals surface area contributed by atoms with Gasteiger partial charge in [-0.15, -0.1) is 0 Å². The molecule has 0 fully saturated rings. The Morgan fingerprint density at radius 2 is 0.800 bits per heavy atom. The minimum atomic E-state index is -0.875. The molecule has 0 amide bonds. The van der Waals surface area contributed by atoms with E-state index >= 15 is 0 Å². The van der Waals surface area contributed by atoms with Crippen LogP contribution in [0.5, 0.6) is 0 Å². The van der Waals surface area contributed by atoms with E-state index in [1.54, 1.807) is 0 Å². The van der Waals surface area contributed by atoms with Gasteiger partial charge in [-0.1, -0.05) is 0 Å². The summed E-state index contributed by atoms with van der Waals surface area (Å²) in [6.07, 6.45) is 0. The Kier molecular flexibility index (Phi) is 4.23. The third-order valence-electron chi connectivity index (χ3n) is 0. The summed E-state index contributed by atoms with van der Waals surface area (Å²) >= 11 is 11.7. The molecule has 0 aromatic carbocycles. The van der Waals surface area contributed by atoms with Gasteiger partial charge in [-0.05, 0) is 0 Å². The number of rotatable bonds is 0. The molecule has 0 aliphatic heterocycles. The Labute approximate surface area is 57.1 Å². The summed E-state index contributed by atoms with van der Waals surface area (Å²) in [5.74, 6) is 0. The van der Waals surface area contributed by atoms with Crippen LogP contribution in [0.25, 0.3) is 0 Å². The Balaban J connectivity index is 6.05. The topological polar surface area (TPSA) is 0 Å². The molecule has 0 aromatic rings. The van der Waals surface area contributed by atoms with E-state index in [9.17, 15) is 0 Å². The molecule has 0 saturated heterocycles. The monoisotopic (exact) mass is 379 g/mol. The van der Waals surface area contributed by atoms with Crippen molar-refractivity contribution in [3.63, 3.8) is 0 Å². The molecule has 0 radical (unpaired) electrons. The van der Waals surface area contributed by atoms with Crippen molar-refractivity contribution in [2.75, 3.05) is 0 Å². The van der Waals surface area contributed by atoms with Gasteiger partial charge in [0, 0.05) is 0 Å². The molecule has 0 aliphatic rings. The first-order chi connectivity index (χ1) is 2.00. The first-order valence-corrected chi connectivity index (χ1v) is 11.7. The van der Waals surface area contributed by atoms with Crippen molar-refractivity contribution in [3.05, 3.63) is 0 Å². The third kappa shape index (κ3) is 20.7. The van der Waals surface area contributed by atoms with Gasteiger partial charge in [-0.25, -0.2) is 0 Å². The standard InChI is InChI=1S/Co.4Se. The van der Waals surface area contributed by atoms with Gasteiger partial charge >= 0.3 is 58.1 Å². The zero-order chi connectivity index (χ0) is 4.50. The van der Waals surface area contributed by atoms with Gasteiger partial charge < -0.3 is 0 Å². The van der Waals surface area contributed by atoms with Crippen molar-refractivity contribution in [2.24, 2.45) is 0 Å². The Bertz CT molecular complexity index is 155. The second kappa shape index (κ2) is 2.79. The molecule has 0 atom stereocenters. The van der Waals surface area contributed by atoms with Crippen LogP contribution in [0.4, 0.5) is 0 Å². The quantitative estimate of drug-likeness (QED) is 0.452. The molecule has 0 N–H and O–H groups in total. The van der Waals surface area contributed by atoms with Crippen molar-refractivity contribution in [2.45, 2.75) is 0 Å². The second-order valence-electron chi connectivity index (χ2n) is 0.333.